The molecule has 1 fully saturated rings. The van der Waals surface area contributed by atoms with Crippen molar-refractivity contribution in [3.63, 3.8) is 0 Å². The molecule has 2 heterocycles. The Labute approximate surface area is 176 Å². The molecule has 3 rings (SSSR count). The summed E-state index contributed by atoms with van der Waals surface area (Å²) in [6.45, 7) is 2.70. The lowest BCUT2D eigenvalue weighted by molar-refractivity contribution is -0.137. The summed E-state index contributed by atoms with van der Waals surface area (Å²) in [5.74, 6) is -0.778. The van der Waals surface area contributed by atoms with E-state index in [1.165, 1.54) is 17.5 Å². The Kier molecular flexibility index (Phi) is 6.88. The first-order valence-corrected chi connectivity index (χ1v) is 12.0. The molecule has 9 nitrogen and oxygen atoms in total. The van der Waals surface area contributed by atoms with E-state index in [2.05, 4.69) is 20.3 Å². The number of benzene rings is 1. The van der Waals surface area contributed by atoms with Crippen LogP contribution in [0.2, 0.25) is 0 Å². The van der Waals surface area contributed by atoms with Gasteiger partial charge in [-0.2, -0.15) is 4.31 Å². The van der Waals surface area contributed by atoms with Crippen LogP contribution in [0.3, 0.4) is 0 Å². The van der Waals surface area contributed by atoms with Crippen LogP contribution >= 0.6 is 23.1 Å². The number of aromatic nitrogens is 2. The van der Waals surface area contributed by atoms with E-state index in [4.69, 9.17) is 0 Å². The first-order valence-electron chi connectivity index (χ1n) is 8.76. The molecular weight excluding hydrogens is 436 g/mol. The largest absolute Gasteiger partial charge is 0.468 e. The number of sulfonamides is 1. The molecule has 1 aromatic carbocycles. The van der Waals surface area contributed by atoms with Crippen LogP contribution in [0, 0.1) is 6.92 Å². The summed E-state index contributed by atoms with van der Waals surface area (Å²) in [5, 5.41) is 10.6. The number of carbonyl (C=O) groups excluding carboxylic acids is 2. The van der Waals surface area contributed by atoms with Gasteiger partial charge in [0.2, 0.25) is 15.2 Å². The Bertz CT molecular complexity index is 1020. The van der Waals surface area contributed by atoms with Crippen LogP contribution in [-0.2, 0) is 19.6 Å². The van der Waals surface area contributed by atoms with Gasteiger partial charge in [0.1, 0.15) is 0 Å². The number of thioether (sulfide) groups is 1. The minimum atomic E-state index is -3.63. The highest BCUT2D eigenvalue weighted by Gasteiger charge is 2.29. The molecule has 1 N–H and O–H groups in total. The molecular formula is C17H20N4O5S3. The van der Waals surface area contributed by atoms with Crippen LogP contribution < -0.4 is 5.32 Å². The molecule has 0 spiro atoms. The summed E-state index contributed by atoms with van der Waals surface area (Å²) in [7, 11) is -2.33. The molecule has 0 bridgehead atoms. The maximum Gasteiger partial charge on any atom is 0.316 e. The highest BCUT2D eigenvalue weighted by molar-refractivity contribution is 8.01. The third kappa shape index (κ3) is 5.13. The summed E-state index contributed by atoms with van der Waals surface area (Å²) < 4.78 is 32.3. The first kappa shape index (κ1) is 21.7. The summed E-state index contributed by atoms with van der Waals surface area (Å²) in [6.07, 6.45) is 1.68. The number of esters is 1. The molecule has 0 atom stereocenters. The van der Waals surface area contributed by atoms with Gasteiger partial charge in [-0.25, -0.2) is 8.42 Å². The molecule has 1 aromatic heterocycles. The second-order valence-corrected chi connectivity index (χ2v) is 10.4. The van der Waals surface area contributed by atoms with Crippen molar-refractivity contribution in [2.24, 2.45) is 0 Å². The fourth-order valence-electron chi connectivity index (χ4n) is 2.75. The number of carbonyl (C=O) groups is 2. The predicted molar refractivity (Wildman–Crippen MR) is 110 cm³/mol. The number of anilines is 1. The lowest BCUT2D eigenvalue weighted by Gasteiger charge is -2.17. The second-order valence-electron chi connectivity index (χ2n) is 6.28. The highest BCUT2D eigenvalue weighted by Crippen LogP contribution is 2.27. The summed E-state index contributed by atoms with van der Waals surface area (Å²) in [5.41, 5.74) is 0.804. The van der Waals surface area contributed by atoms with E-state index in [9.17, 15) is 18.0 Å². The minimum Gasteiger partial charge on any atom is -0.468 e. The van der Waals surface area contributed by atoms with E-state index in [-0.39, 0.29) is 27.3 Å². The number of ether oxygens (including phenoxy) is 1. The van der Waals surface area contributed by atoms with Gasteiger partial charge in [0.25, 0.3) is 5.91 Å². The van der Waals surface area contributed by atoms with E-state index in [0.717, 1.165) is 35.9 Å². The smallest absolute Gasteiger partial charge is 0.316 e. The molecule has 12 heteroatoms. The summed E-state index contributed by atoms with van der Waals surface area (Å²) in [4.78, 5) is 23.9. The van der Waals surface area contributed by atoms with Crippen LogP contribution in [0.1, 0.15) is 28.8 Å². The monoisotopic (exact) mass is 456 g/mol. The van der Waals surface area contributed by atoms with Crippen molar-refractivity contribution in [2.45, 2.75) is 29.0 Å². The molecule has 0 unspecified atom stereocenters. The standard InChI is InChI=1S/C17H20N4O5S3/c1-11-5-6-12(9-13(11)29(24,25)21-7-3-4-8-21)15(23)18-16-19-20-17(28-16)27-10-14(22)26-2/h5-6,9H,3-4,7-8,10H2,1-2H3,(H,18,19,23). The Morgan fingerprint density at radius 3 is 2.69 bits per heavy atom. The number of rotatable bonds is 7. The van der Waals surface area contributed by atoms with Gasteiger partial charge in [0.15, 0.2) is 4.34 Å². The Morgan fingerprint density at radius 1 is 1.28 bits per heavy atom. The van der Waals surface area contributed by atoms with Crippen molar-refractivity contribution < 1.29 is 22.7 Å². The van der Waals surface area contributed by atoms with Crippen LogP contribution in [0.25, 0.3) is 0 Å². The molecule has 1 saturated heterocycles. The van der Waals surface area contributed by atoms with E-state index in [1.54, 1.807) is 19.1 Å². The van der Waals surface area contributed by atoms with Crippen LogP contribution in [0.4, 0.5) is 5.13 Å². The maximum atomic E-state index is 12.9. The third-order valence-corrected chi connectivity index (χ3v) is 8.29. The minimum absolute atomic E-state index is 0.0920. The van der Waals surface area contributed by atoms with Crippen molar-refractivity contribution in [1.29, 1.82) is 0 Å². The Morgan fingerprint density at radius 2 is 2.00 bits per heavy atom. The SMILES string of the molecule is COC(=O)CSc1nnc(NC(=O)c2ccc(C)c(S(=O)(=O)N3CCCC3)c2)s1. The summed E-state index contributed by atoms with van der Waals surface area (Å²) >= 11 is 2.27. The van der Waals surface area contributed by atoms with Gasteiger partial charge < -0.3 is 4.74 Å². The van der Waals surface area contributed by atoms with Gasteiger partial charge in [-0.3, -0.25) is 14.9 Å². The van der Waals surface area contributed by atoms with Crippen molar-refractivity contribution in [2.75, 3.05) is 31.3 Å². The van der Waals surface area contributed by atoms with Crippen molar-refractivity contribution in [3.8, 4) is 0 Å². The molecule has 1 aliphatic rings. The van der Waals surface area contributed by atoms with Gasteiger partial charge in [0, 0.05) is 18.7 Å². The van der Waals surface area contributed by atoms with E-state index < -0.39 is 15.9 Å². The molecule has 1 aliphatic heterocycles. The highest BCUT2D eigenvalue weighted by atomic mass is 32.2. The number of hydrogen-bond donors (Lipinski definition) is 1. The number of nitrogens with one attached hydrogen (secondary N) is 1. The third-order valence-electron chi connectivity index (χ3n) is 4.30. The van der Waals surface area contributed by atoms with Gasteiger partial charge in [-0.05, 0) is 37.5 Å². The van der Waals surface area contributed by atoms with Crippen molar-refractivity contribution in [1.82, 2.24) is 14.5 Å². The van der Waals surface area contributed by atoms with Gasteiger partial charge in [-0.15, -0.1) is 10.2 Å². The van der Waals surface area contributed by atoms with Gasteiger partial charge in [0.05, 0.1) is 17.8 Å². The Balaban J connectivity index is 1.73. The van der Waals surface area contributed by atoms with E-state index in [0.29, 0.717) is 23.0 Å². The molecule has 0 aliphatic carbocycles. The van der Waals surface area contributed by atoms with E-state index in [1.807, 2.05) is 0 Å². The zero-order valence-electron chi connectivity index (χ0n) is 15.9. The molecule has 0 radical (unpaired) electrons. The molecule has 1 amide bonds. The number of amides is 1. The van der Waals surface area contributed by atoms with Crippen molar-refractivity contribution >= 4 is 50.1 Å². The number of methoxy groups -OCH3 is 1. The molecule has 156 valence electrons. The predicted octanol–water partition coefficient (Wildman–Crippen LogP) is 2.15. The van der Waals surface area contributed by atoms with E-state index >= 15 is 0 Å². The van der Waals surface area contributed by atoms with Crippen LogP contribution in [0.15, 0.2) is 27.4 Å². The Hall–Kier alpha value is -2.02. The molecule has 2 aromatic rings. The first-order chi connectivity index (χ1) is 13.8. The van der Waals surface area contributed by atoms with Crippen LogP contribution in [0.5, 0.6) is 0 Å². The zero-order chi connectivity index (χ0) is 21.0. The normalized spacial score (nSPS) is 14.7. The topological polar surface area (TPSA) is 119 Å². The second kappa shape index (κ2) is 9.20. The number of nitrogens with zero attached hydrogens (tertiary/aromatic N) is 3. The fourth-order valence-corrected chi connectivity index (χ4v) is 6.10. The van der Waals surface area contributed by atoms with Gasteiger partial charge >= 0.3 is 5.97 Å². The van der Waals surface area contributed by atoms with Gasteiger partial charge in [-0.1, -0.05) is 29.2 Å². The lowest BCUT2D eigenvalue weighted by Crippen LogP contribution is -2.28. The van der Waals surface area contributed by atoms with Crippen LogP contribution in [-0.4, -0.2) is 60.7 Å². The number of aryl methyl sites for hydroxylation is 1. The zero-order valence-corrected chi connectivity index (χ0v) is 18.3. The molecule has 0 saturated carbocycles. The molecule has 29 heavy (non-hydrogen) atoms. The average Bonchev–Trinajstić information content (AvgIpc) is 3.38. The summed E-state index contributed by atoms with van der Waals surface area (Å²) in [6, 6.07) is 4.59. The number of hydrogen-bond acceptors (Lipinski definition) is 9. The maximum absolute atomic E-state index is 12.9. The quantitative estimate of drug-likeness (QED) is 0.382. The average molecular weight is 457 g/mol. The fraction of sp³-hybridized carbons (Fsp3) is 0.412. The van der Waals surface area contributed by atoms with Crippen molar-refractivity contribution in [3.05, 3.63) is 29.3 Å². The lowest BCUT2D eigenvalue weighted by atomic mass is 10.1.